The summed E-state index contributed by atoms with van der Waals surface area (Å²) in [6.45, 7) is 0. The normalized spacial score (nSPS) is 10.8. The summed E-state index contributed by atoms with van der Waals surface area (Å²) in [5.74, 6) is 0. The summed E-state index contributed by atoms with van der Waals surface area (Å²) in [7, 11) is 0. The summed E-state index contributed by atoms with van der Waals surface area (Å²) in [5, 5.41) is 8.84. The molecule has 0 fully saturated rings. The van der Waals surface area contributed by atoms with Gasteiger partial charge in [-0.2, -0.15) is 0 Å². The highest BCUT2D eigenvalue weighted by Gasteiger charge is 2.05. The highest BCUT2D eigenvalue weighted by atomic mass is 79.9. The molecular formula is C19H13BrN2S. The Bertz CT molecular complexity index is 960. The van der Waals surface area contributed by atoms with E-state index in [9.17, 15) is 0 Å². The van der Waals surface area contributed by atoms with Gasteiger partial charge in [-0.15, -0.1) is 11.3 Å². The average molecular weight is 381 g/mol. The molecule has 2 nitrogen and oxygen atoms in total. The lowest BCUT2D eigenvalue weighted by Crippen LogP contribution is -1.89. The quantitative estimate of drug-likeness (QED) is 0.440. The summed E-state index contributed by atoms with van der Waals surface area (Å²) in [6, 6.07) is 22.9. The van der Waals surface area contributed by atoms with Gasteiger partial charge in [-0.05, 0) is 35.0 Å². The Morgan fingerprint density at radius 3 is 2.48 bits per heavy atom. The second-order valence-electron chi connectivity index (χ2n) is 5.23. The highest BCUT2D eigenvalue weighted by molar-refractivity contribution is 9.10. The number of hydrogen-bond donors (Lipinski definition) is 1. The molecule has 3 aromatic carbocycles. The van der Waals surface area contributed by atoms with Crippen LogP contribution in [0.4, 0.5) is 10.8 Å². The molecule has 112 valence electrons. The molecule has 1 heterocycles. The zero-order chi connectivity index (χ0) is 15.6. The molecule has 0 unspecified atom stereocenters. The molecule has 4 heteroatoms. The number of thiazole rings is 1. The van der Waals surface area contributed by atoms with E-state index in [0.29, 0.717) is 0 Å². The van der Waals surface area contributed by atoms with Crippen molar-refractivity contribution in [3.05, 3.63) is 76.6 Å². The fourth-order valence-electron chi connectivity index (χ4n) is 2.47. The van der Waals surface area contributed by atoms with E-state index in [1.165, 1.54) is 10.8 Å². The zero-order valence-corrected chi connectivity index (χ0v) is 14.6. The van der Waals surface area contributed by atoms with Gasteiger partial charge in [-0.1, -0.05) is 58.4 Å². The smallest absolute Gasteiger partial charge is 0.187 e. The van der Waals surface area contributed by atoms with Gasteiger partial charge in [-0.3, -0.25) is 0 Å². The fraction of sp³-hybridized carbons (Fsp3) is 0. The maximum absolute atomic E-state index is 4.68. The van der Waals surface area contributed by atoms with Gasteiger partial charge in [0.1, 0.15) is 0 Å². The van der Waals surface area contributed by atoms with Crippen molar-refractivity contribution in [3.63, 3.8) is 0 Å². The predicted octanol–water partition coefficient (Wildman–Crippen LogP) is 6.47. The van der Waals surface area contributed by atoms with Crippen LogP contribution in [0.5, 0.6) is 0 Å². The number of nitrogens with one attached hydrogen (secondary N) is 1. The maximum Gasteiger partial charge on any atom is 0.187 e. The third-order valence-electron chi connectivity index (χ3n) is 3.64. The average Bonchev–Trinajstić information content (AvgIpc) is 3.04. The molecule has 0 aliphatic carbocycles. The van der Waals surface area contributed by atoms with Gasteiger partial charge in [0, 0.05) is 21.1 Å². The molecule has 0 bridgehead atoms. The number of nitrogens with zero attached hydrogens (tertiary/aromatic N) is 1. The van der Waals surface area contributed by atoms with E-state index in [2.05, 4.69) is 86.2 Å². The number of rotatable bonds is 3. The molecule has 0 saturated carbocycles. The van der Waals surface area contributed by atoms with Crippen molar-refractivity contribution in [1.82, 2.24) is 4.98 Å². The number of fused-ring (bicyclic) bond motifs is 1. The van der Waals surface area contributed by atoms with E-state index in [0.717, 1.165) is 26.5 Å². The van der Waals surface area contributed by atoms with E-state index >= 15 is 0 Å². The molecule has 23 heavy (non-hydrogen) atoms. The van der Waals surface area contributed by atoms with Crippen LogP contribution in [0.15, 0.2) is 76.6 Å². The lowest BCUT2D eigenvalue weighted by Gasteiger charge is -2.04. The molecule has 0 radical (unpaired) electrons. The molecule has 0 saturated heterocycles. The van der Waals surface area contributed by atoms with Crippen LogP contribution in [-0.4, -0.2) is 4.98 Å². The van der Waals surface area contributed by atoms with Crippen molar-refractivity contribution in [2.75, 3.05) is 5.32 Å². The highest BCUT2D eigenvalue weighted by Crippen LogP contribution is 2.29. The molecule has 0 amide bonds. The van der Waals surface area contributed by atoms with Crippen LogP contribution in [0.1, 0.15) is 0 Å². The zero-order valence-electron chi connectivity index (χ0n) is 12.2. The van der Waals surface area contributed by atoms with Gasteiger partial charge >= 0.3 is 0 Å². The number of benzene rings is 3. The molecule has 0 aliphatic heterocycles. The van der Waals surface area contributed by atoms with E-state index in [-0.39, 0.29) is 0 Å². The molecular weight excluding hydrogens is 368 g/mol. The summed E-state index contributed by atoms with van der Waals surface area (Å²) >= 11 is 5.07. The van der Waals surface area contributed by atoms with Gasteiger partial charge in [0.2, 0.25) is 0 Å². The first-order chi connectivity index (χ1) is 11.3. The van der Waals surface area contributed by atoms with Crippen molar-refractivity contribution in [3.8, 4) is 11.3 Å². The molecule has 0 spiro atoms. The van der Waals surface area contributed by atoms with Crippen molar-refractivity contribution in [1.29, 1.82) is 0 Å². The molecule has 0 aliphatic rings. The van der Waals surface area contributed by atoms with Crippen LogP contribution in [0.2, 0.25) is 0 Å². The number of halogens is 1. The van der Waals surface area contributed by atoms with Crippen molar-refractivity contribution < 1.29 is 0 Å². The Balaban J connectivity index is 1.60. The molecule has 0 atom stereocenters. The van der Waals surface area contributed by atoms with E-state index in [4.69, 9.17) is 0 Å². The molecule has 4 rings (SSSR count). The Kier molecular flexibility index (Phi) is 3.85. The van der Waals surface area contributed by atoms with Crippen LogP contribution in [-0.2, 0) is 0 Å². The Morgan fingerprint density at radius 2 is 1.65 bits per heavy atom. The Hall–Kier alpha value is -2.17. The molecule has 4 aromatic rings. The summed E-state index contributed by atoms with van der Waals surface area (Å²) in [5.41, 5.74) is 3.17. The van der Waals surface area contributed by atoms with Crippen LogP contribution in [0.25, 0.3) is 22.0 Å². The van der Waals surface area contributed by atoms with Gasteiger partial charge < -0.3 is 5.32 Å². The van der Waals surface area contributed by atoms with Gasteiger partial charge in [0.15, 0.2) is 5.13 Å². The van der Waals surface area contributed by atoms with Crippen LogP contribution in [0, 0.1) is 0 Å². The standard InChI is InChI=1S/C19H13BrN2S/c20-16-8-5-14(6-9-16)18-12-23-19(22-18)21-17-10-7-13-3-1-2-4-15(13)11-17/h1-12H,(H,21,22). The van der Waals surface area contributed by atoms with E-state index < -0.39 is 0 Å². The van der Waals surface area contributed by atoms with Gasteiger partial charge in [0.05, 0.1) is 5.69 Å². The number of anilines is 2. The molecule has 1 aromatic heterocycles. The second-order valence-corrected chi connectivity index (χ2v) is 7.01. The van der Waals surface area contributed by atoms with E-state index in [1.54, 1.807) is 11.3 Å². The number of hydrogen-bond acceptors (Lipinski definition) is 3. The Morgan fingerprint density at radius 1 is 0.870 bits per heavy atom. The second kappa shape index (κ2) is 6.14. The minimum atomic E-state index is 0.901. The first-order valence-electron chi connectivity index (χ1n) is 7.25. The van der Waals surface area contributed by atoms with Crippen molar-refractivity contribution in [2.24, 2.45) is 0 Å². The minimum Gasteiger partial charge on any atom is -0.332 e. The fourth-order valence-corrected chi connectivity index (χ4v) is 3.48. The monoisotopic (exact) mass is 380 g/mol. The van der Waals surface area contributed by atoms with Crippen LogP contribution in [0.3, 0.4) is 0 Å². The minimum absolute atomic E-state index is 0.901. The van der Waals surface area contributed by atoms with Gasteiger partial charge in [-0.25, -0.2) is 4.98 Å². The SMILES string of the molecule is Brc1ccc(-c2csc(Nc3ccc4ccccc4c3)n2)cc1. The third kappa shape index (κ3) is 3.14. The third-order valence-corrected chi connectivity index (χ3v) is 4.93. The summed E-state index contributed by atoms with van der Waals surface area (Å²) < 4.78 is 1.07. The van der Waals surface area contributed by atoms with Crippen LogP contribution < -0.4 is 5.32 Å². The summed E-state index contributed by atoms with van der Waals surface area (Å²) in [6.07, 6.45) is 0. The topological polar surface area (TPSA) is 24.9 Å². The van der Waals surface area contributed by atoms with Gasteiger partial charge in [0.25, 0.3) is 0 Å². The van der Waals surface area contributed by atoms with Crippen LogP contribution >= 0.6 is 27.3 Å². The maximum atomic E-state index is 4.68. The molecule has 1 N–H and O–H groups in total. The predicted molar refractivity (Wildman–Crippen MR) is 102 cm³/mol. The first kappa shape index (κ1) is 14.4. The van der Waals surface area contributed by atoms with E-state index in [1.807, 2.05) is 12.1 Å². The lowest BCUT2D eigenvalue weighted by molar-refractivity contribution is 1.38. The lowest BCUT2D eigenvalue weighted by atomic mass is 10.1. The largest absolute Gasteiger partial charge is 0.332 e. The Labute approximate surface area is 147 Å². The first-order valence-corrected chi connectivity index (χ1v) is 8.92. The summed E-state index contributed by atoms with van der Waals surface area (Å²) in [4.78, 5) is 4.68. The number of aromatic nitrogens is 1. The van der Waals surface area contributed by atoms with Crippen molar-refractivity contribution in [2.45, 2.75) is 0 Å². The van der Waals surface area contributed by atoms with Crippen molar-refractivity contribution >= 4 is 48.9 Å².